The van der Waals surface area contributed by atoms with Crippen molar-refractivity contribution in [2.75, 3.05) is 13.2 Å². The van der Waals surface area contributed by atoms with Gasteiger partial charge in [0.1, 0.15) is 11.5 Å². The van der Waals surface area contributed by atoms with Crippen molar-refractivity contribution in [1.82, 2.24) is 10.2 Å². The Labute approximate surface area is 132 Å². The van der Waals surface area contributed by atoms with Crippen LogP contribution in [0.5, 0.6) is 0 Å². The Hall–Kier alpha value is -1.49. The smallest absolute Gasteiger partial charge is 0.318 e. The van der Waals surface area contributed by atoms with Crippen LogP contribution in [-0.2, 0) is 6.42 Å². The van der Waals surface area contributed by atoms with Crippen molar-refractivity contribution in [3.8, 4) is 0 Å². The fourth-order valence-electron chi connectivity index (χ4n) is 2.60. The molecule has 1 aromatic rings. The second kappa shape index (κ2) is 6.73. The maximum absolute atomic E-state index is 12.6. The summed E-state index contributed by atoms with van der Waals surface area (Å²) in [6.45, 7) is 8.67. The zero-order valence-corrected chi connectivity index (χ0v) is 14.1. The van der Waals surface area contributed by atoms with Crippen LogP contribution in [0.1, 0.15) is 58.1 Å². The highest BCUT2D eigenvalue weighted by Crippen LogP contribution is 2.35. The number of hydrogen-bond acceptors (Lipinski definition) is 3. The number of furan rings is 1. The van der Waals surface area contributed by atoms with Crippen LogP contribution >= 0.6 is 0 Å². The van der Waals surface area contributed by atoms with E-state index in [9.17, 15) is 4.79 Å². The number of rotatable bonds is 6. The maximum atomic E-state index is 12.6. The summed E-state index contributed by atoms with van der Waals surface area (Å²) in [6, 6.07) is 3.87. The molecule has 0 radical (unpaired) electrons. The second-order valence-corrected chi connectivity index (χ2v) is 7.05. The van der Waals surface area contributed by atoms with Crippen molar-refractivity contribution in [3.05, 3.63) is 23.7 Å². The van der Waals surface area contributed by atoms with Gasteiger partial charge in [-0.25, -0.2) is 4.79 Å². The van der Waals surface area contributed by atoms with Gasteiger partial charge in [-0.2, -0.15) is 0 Å². The van der Waals surface area contributed by atoms with Crippen LogP contribution in [-0.4, -0.2) is 35.2 Å². The highest BCUT2D eigenvalue weighted by molar-refractivity contribution is 5.75. The molecule has 5 heteroatoms. The van der Waals surface area contributed by atoms with Crippen LogP contribution in [0.2, 0.25) is 0 Å². The van der Waals surface area contributed by atoms with E-state index in [0.717, 1.165) is 30.8 Å². The molecule has 1 aromatic heterocycles. The average Bonchev–Trinajstić information content (AvgIpc) is 3.18. The molecule has 5 nitrogen and oxygen atoms in total. The summed E-state index contributed by atoms with van der Waals surface area (Å²) in [7, 11) is 0. The van der Waals surface area contributed by atoms with Gasteiger partial charge < -0.3 is 19.7 Å². The zero-order chi connectivity index (χ0) is 16.3. The molecule has 124 valence electrons. The molecule has 1 atom stereocenters. The standard InChI is InChI=1S/C17H28N2O3/c1-5-13-8-9-14(22-13)15(17(2,3)4)18-16(21)19(10-11-20)12-6-7-12/h8-9,12,15,20H,5-7,10-11H2,1-4H3,(H,18,21). The van der Waals surface area contributed by atoms with Gasteiger partial charge in [-0.15, -0.1) is 0 Å². The van der Waals surface area contributed by atoms with E-state index in [1.165, 1.54) is 0 Å². The molecule has 1 heterocycles. The Morgan fingerprint density at radius 2 is 2.14 bits per heavy atom. The number of carbonyl (C=O) groups excluding carboxylic acids is 1. The van der Waals surface area contributed by atoms with Crippen molar-refractivity contribution >= 4 is 6.03 Å². The molecule has 2 rings (SSSR count). The molecule has 2 amide bonds. The normalized spacial score (nSPS) is 16.4. The summed E-state index contributed by atoms with van der Waals surface area (Å²) in [6.07, 6.45) is 2.88. The van der Waals surface area contributed by atoms with Gasteiger partial charge in [0.05, 0.1) is 12.6 Å². The third-order valence-electron chi connectivity index (χ3n) is 4.04. The van der Waals surface area contributed by atoms with Crippen LogP contribution < -0.4 is 5.32 Å². The van der Waals surface area contributed by atoms with E-state index in [1.54, 1.807) is 4.90 Å². The van der Waals surface area contributed by atoms with E-state index in [2.05, 4.69) is 26.1 Å². The third kappa shape index (κ3) is 4.03. The largest absolute Gasteiger partial charge is 0.464 e. The number of nitrogens with one attached hydrogen (secondary N) is 1. The third-order valence-corrected chi connectivity index (χ3v) is 4.04. The van der Waals surface area contributed by atoms with E-state index in [4.69, 9.17) is 9.52 Å². The molecule has 2 N–H and O–H groups in total. The highest BCUT2D eigenvalue weighted by Gasteiger charge is 2.36. The molecule has 0 spiro atoms. The van der Waals surface area contributed by atoms with Gasteiger partial charge in [0.25, 0.3) is 0 Å². The molecule has 0 aliphatic heterocycles. The molecule has 1 saturated carbocycles. The minimum absolute atomic E-state index is 0.00909. The van der Waals surface area contributed by atoms with Crippen molar-refractivity contribution in [2.24, 2.45) is 5.41 Å². The first kappa shape index (κ1) is 16.9. The van der Waals surface area contributed by atoms with E-state index in [1.807, 2.05) is 19.1 Å². The lowest BCUT2D eigenvalue weighted by molar-refractivity contribution is 0.155. The Kier molecular flexibility index (Phi) is 5.16. The van der Waals surface area contributed by atoms with Gasteiger partial charge in [0, 0.05) is 19.0 Å². The van der Waals surface area contributed by atoms with Crippen molar-refractivity contribution in [3.63, 3.8) is 0 Å². The van der Waals surface area contributed by atoms with Gasteiger partial charge in [-0.3, -0.25) is 0 Å². The summed E-state index contributed by atoms with van der Waals surface area (Å²) in [5.41, 5.74) is -0.160. The molecule has 0 saturated heterocycles. The monoisotopic (exact) mass is 308 g/mol. The fourth-order valence-corrected chi connectivity index (χ4v) is 2.60. The predicted molar refractivity (Wildman–Crippen MR) is 85.6 cm³/mol. The summed E-state index contributed by atoms with van der Waals surface area (Å²) in [5, 5.41) is 12.3. The number of aryl methyl sites for hydroxylation is 1. The summed E-state index contributed by atoms with van der Waals surface area (Å²) < 4.78 is 5.86. The second-order valence-electron chi connectivity index (χ2n) is 7.05. The first-order chi connectivity index (χ1) is 10.4. The zero-order valence-electron chi connectivity index (χ0n) is 14.1. The molecule has 0 bridgehead atoms. The van der Waals surface area contributed by atoms with Crippen molar-refractivity contribution < 1.29 is 14.3 Å². The predicted octanol–water partition coefficient (Wildman–Crippen LogP) is 3.10. The number of carbonyl (C=O) groups is 1. The molecule has 1 aliphatic rings. The Morgan fingerprint density at radius 3 is 2.59 bits per heavy atom. The fraction of sp³-hybridized carbons (Fsp3) is 0.706. The van der Waals surface area contributed by atoms with E-state index in [0.29, 0.717) is 6.54 Å². The highest BCUT2D eigenvalue weighted by atomic mass is 16.3. The lowest BCUT2D eigenvalue weighted by atomic mass is 9.85. The lowest BCUT2D eigenvalue weighted by Crippen LogP contribution is -2.46. The maximum Gasteiger partial charge on any atom is 0.318 e. The van der Waals surface area contributed by atoms with Crippen LogP contribution in [0, 0.1) is 5.41 Å². The van der Waals surface area contributed by atoms with Crippen LogP contribution in [0.15, 0.2) is 16.5 Å². The Bertz CT molecular complexity index is 500. The first-order valence-corrected chi connectivity index (χ1v) is 8.13. The molecular weight excluding hydrogens is 280 g/mol. The molecular formula is C17H28N2O3. The molecule has 0 aromatic carbocycles. The average molecular weight is 308 g/mol. The molecule has 1 fully saturated rings. The number of hydrogen-bond donors (Lipinski definition) is 2. The molecule has 1 aliphatic carbocycles. The number of aliphatic hydroxyl groups is 1. The minimum atomic E-state index is -0.194. The van der Waals surface area contributed by atoms with E-state index in [-0.39, 0.29) is 30.1 Å². The topological polar surface area (TPSA) is 65.7 Å². The number of nitrogens with zero attached hydrogens (tertiary/aromatic N) is 1. The van der Waals surface area contributed by atoms with Crippen molar-refractivity contribution in [2.45, 2.75) is 59.0 Å². The first-order valence-electron chi connectivity index (χ1n) is 8.13. The summed E-state index contributed by atoms with van der Waals surface area (Å²) in [5.74, 6) is 1.71. The summed E-state index contributed by atoms with van der Waals surface area (Å²) in [4.78, 5) is 14.3. The van der Waals surface area contributed by atoms with Crippen molar-refractivity contribution in [1.29, 1.82) is 0 Å². The van der Waals surface area contributed by atoms with Gasteiger partial charge in [-0.05, 0) is 30.4 Å². The van der Waals surface area contributed by atoms with Crippen LogP contribution in [0.4, 0.5) is 4.79 Å². The quantitative estimate of drug-likeness (QED) is 0.848. The van der Waals surface area contributed by atoms with Gasteiger partial charge in [0.2, 0.25) is 0 Å². The van der Waals surface area contributed by atoms with Crippen LogP contribution in [0.3, 0.4) is 0 Å². The van der Waals surface area contributed by atoms with Gasteiger partial charge >= 0.3 is 6.03 Å². The van der Waals surface area contributed by atoms with E-state index < -0.39 is 0 Å². The number of aliphatic hydroxyl groups excluding tert-OH is 1. The van der Waals surface area contributed by atoms with Gasteiger partial charge in [-0.1, -0.05) is 27.7 Å². The van der Waals surface area contributed by atoms with E-state index >= 15 is 0 Å². The van der Waals surface area contributed by atoms with Gasteiger partial charge in [0.15, 0.2) is 0 Å². The SMILES string of the molecule is CCc1ccc(C(NC(=O)N(CCO)C2CC2)C(C)(C)C)o1. The minimum Gasteiger partial charge on any atom is -0.464 e. The van der Waals surface area contributed by atoms with Crippen LogP contribution in [0.25, 0.3) is 0 Å². The summed E-state index contributed by atoms with van der Waals surface area (Å²) >= 11 is 0. The number of urea groups is 1. The number of amides is 2. The molecule has 22 heavy (non-hydrogen) atoms. The lowest BCUT2D eigenvalue weighted by Gasteiger charge is -2.32. The Morgan fingerprint density at radius 1 is 1.45 bits per heavy atom. The molecule has 1 unspecified atom stereocenters. The Balaban J connectivity index is 2.14.